The molecule has 0 saturated carbocycles. The topological polar surface area (TPSA) is 127 Å². The highest BCUT2D eigenvalue weighted by molar-refractivity contribution is 6.08. The number of rotatable bonds is 9. The molecule has 0 saturated heterocycles. The largest absolute Gasteiger partial charge is 0.493 e. The van der Waals surface area contributed by atoms with Crippen LogP contribution in [0.4, 0.5) is 0 Å². The maximum Gasteiger partial charge on any atom is 0.325 e. The van der Waals surface area contributed by atoms with E-state index in [4.69, 9.17) is 14.9 Å². The predicted molar refractivity (Wildman–Crippen MR) is 148 cm³/mol. The molecule has 1 aliphatic rings. The Kier molecular flexibility index (Phi) is 7.76. The highest BCUT2D eigenvalue weighted by Crippen LogP contribution is 2.33. The first-order valence-electron chi connectivity index (χ1n) is 13.0. The number of imidazole rings is 1. The van der Waals surface area contributed by atoms with Gasteiger partial charge in [0.25, 0.3) is 5.91 Å². The Hall–Kier alpha value is -4.21. The summed E-state index contributed by atoms with van der Waals surface area (Å²) < 4.78 is 12.5. The van der Waals surface area contributed by atoms with Crippen LogP contribution in [0.15, 0.2) is 30.6 Å². The van der Waals surface area contributed by atoms with Gasteiger partial charge in [0.15, 0.2) is 5.78 Å². The fourth-order valence-corrected chi connectivity index (χ4v) is 4.78. The molecule has 0 spiro atoms. The first kappa shape index (κ1) is 27.8. The van der Waals surface area contributed by atoms with Crippen LogP contribution in [-0.2, 0) is 28.0 Å². The van der Waals surface area contributed by atoms with E-state index >= 15 is 0 Å². The summed E-state index contributed by atoms with van der Waals surface area (Å²) in [5.41, 5.74) is 4.24. The van der Waals surface area contributed by atoms with E-state index in [1.807, 2.05) is 33.8 Å². The lowest BCUT2D eigenvalue weighted by Crippen LogP contribution is -2.30. The van der Waals surface area contributed by atoms with Gasteiger partial charge >= 0.3 is 5.97 Å². The summed E-state index contributed by atoms with van der Waals surface area (Å²) in [6.07, 6.45) is 1.60. The van der Waals surface area contributed by atoms with Crippen molar-refractivity contribution >= 4 is 34.5 Å². The first-order chi connectivity index (χ1) is 18.5. The van der Waals surface area contributed by atoms with Crippen molar-refractivity contribution in [2.75, 3.05) is 26.8 Å². The van der Waals surface area contributed by atoms with Crippen LogP contribution in [0, 0.1) is 5.41 Å². The van der Waals surface area contributed by atoms with Crippen molar-refractivity contribution in [1.29, 1.82) is 5.41 Å². The molecule has 0 unspecified atom stereocenters. The molecular formula is C29H35N5O5. The van der Waals surface area contributed by atoms with E-state index in [9.17, 15) is 14.4 Å². The fraction of sp³-hybridized carbons (Fsp3) is 0.414. The average molecular weight is 534 g/mol. The molecular weight excluding hydrogens is 498 g/mol. The molecule has 2 heterocycles. The van der Waals surface area contributed by atoms with E-state index in [2.05, 4.69) is 10.3 Å². The van der Waals surface area contributed by atoms with Gasteiger partial charge in [0, 0.05) is 24.7 Å². The van der Waals surface area contributed by atoms with Crippen LogP contribution >= 0.6 is 0 Å². The number of nitrogens with zero attached hydrogens (tertiary/aromatic N) is 3. The predicted octanol–water partition coefficient (Wildman–Crippen LogP) is 3.68. The van der Waals surface area contributed by atoms with Gasteiger partial charge in [0.2, 0.25) is 0 Å². The van der Waals surface area contributed by atoms with Crippen molar-refractivity contribution in [3.8, 4) is 5.75 Å². The Morgan fingerprint density at radius 2 is 1.82 bits per heavy atom. The number of fused-ring (bicyclic) bond motifs is 2. The molecule has 3 aromatic rings. The van der Waals surface area contributed by atoms with Crippen LogP contribution in [0.5, 0.6) is 5.75 Å². The maximum absolute atomic E-state index is 13.6. The molecule has 4 rings (SSSR count). The molecule has 0 radical (unpaired) electrons. The highest BCUT2D eigenvalue weighted by Gasteiger charge is 2.30. The van der Waals surface area contributed by atoms with Crippen molar-refractivity contribution in [1.82, 2.24) is 19.8 Å². The zero-order chi connectivity index (χ0) is 28.5. The lowest BCUT2D eigenvalue weighted by atomic mass is 9.84. The smallest absolute Gasteiger partial charge is 0.325 e. The number of carbonyl (C=O) groups is 3. The van der Waals surface area contributed by atoms with Crippen LogP contribution in [0.25, 0.3) is 11.0 Å². The first-order valence-corrected chi connectivity index (χ1v) is 13.0. The molecule has 206 valence electrons. The average Bonchev–Trinajstić information content (AvgIpc) is 3.42. The molecule has 1 aromatic heterocycles. The van der Waals surface area contributed by atoms with E-state index in [1.54, 1.807) is 48.0 Å². The fourth-order valence-electron chi connectivity index (χ4n) is 4.78. The second-order valence-electron chi connectivity index (χ2n) is 10.5. The number of benzene rings is 2. The number of carbonyl (C=O) groups excluding carboxylic acids is 3. The summed E-state index contributed by atoms with van der Waals surface area (Å²) in [5.74, 6) is -0.217. The third-order valence-corrected chi connectivity index (χ3v) is 6.70. The summed E-state index contributed by atoms with van der Waals surface area (Å²) in [5, 5.41) is 11.4. The maximum atomic E-state index is 13.6. The number of hydrogen-bond acceptors (Lipinski definition) is 7. The molecule has 1 aliphatic heterocycles. The van der Waals surface area contributed by atoms with E-state index in [0.717, 1.165) is 16.6 Å². The number of ether oxygens (including phenoxy) is 2. The third kappa shape index (κ3) is 5.50. The zero-order valence-electron chi connectivity index (χ0n) is 23.3. The summed E-state index contributed by atoms with van der Waals surface area (Å²) in [7, 11) is 1.54. The molecule has 2 aromatic carbocycles. The molecule has 0 aliphatic carbocycles. The number of ketones is 1. The van der Waals surface area contributed by atoms with Crippen molar-refractivity contribution in [2.45, 2.75) is 53.1 Å². The Balaban J connectivity index is 1.66. The molecule has 1 amide bonds. The van der Waals surface area contributed by atoms with Gasteiger partial charge in [-0.1, -0.05) is 20.8 Å². The minimum atomic E-state index is -0.378. The number of amidine groups is 1. The summed E-state index contributed by atoms with van der Waals surface area (Å²) in [6.45, 7) is 10.7. The SMILES string of the molecule is CCOC(=O)Cn1cnc2c(C(C)(C)C)cc(C(=O)CN3Cc4cc(OCC)c(C(=O)NC)cc4C3=N)cc21. The Bertz CT molecular complexity index is 1470. The van der Waals surface area contributed by atoms with E-state index in [0.29, 0.717) is 41.1 Å². The van der Waals surface area contributed by atoms with E-state index < -0.39 is 0 Å². The van der Waals surface area contributed by atoms with Gasteiger partial charge in [-0.15, -0.1) is 0 Å². The van der Waals surface area contributed by atoms with Gasteiger partial charge in [-0.2, -0.15) is 0 Å². The Morgan fingerprint density at radius 1 is 1.08 bits per heavy atom. The molecule has 0 bridgehead atoms. The van der Waals surface area contributed by atoms with Crippen LogP contribution < -0.4 is 10.1 Å². The van der Waals surface area contributed by atoms with Gasteiger partial charge in [0.1, 0.15) is 18.1 Å². The van der Waals surface area contributed by atoms with Gasteiger partial charge in [0.05, 0.1) is 42.7 Å². The number of aromatic nitrogens is 2. The van der Waals surface area contributed by atoms with Crippen molar-refractivity contribution in [3.63, 3.8) is 0 Å². The second kappa shape index (κ2) is 10.9. The summed E-state index contributed by atoms with van der Waals surface area (Å²) in [6, 6.07) is 7.04. The zero-order valence-corrected chi connectivity index (χ0v) is 23.3. The van der Waals surface area contributed by atoms with Gasteiger partial charge in [-0.25, -0.2) is 4.98 Å². The summed E-state index contributed by atoms with van der Waals surface area (Å²) in [4.78, 5) is 44.5. The van der Waals surface area contributed by atoms with E-state index in [-0.39, 0.29) is 48.6 Å². The van der Waals surface area contributed by atoms with Gasteiger partial charge in [-0.3, -0.25) is 19.8 Å². The van der Waals surface area contributed by atoms with Crippen LogP contribution in [0.1, 0.15) is 72.0 Å². The lowest BCUT2D eigenvalue weighted by molar-refractivity contribution is -0.143. The molecule has 2 N–H and O–H groups in total. The molecule has 10 heteroatoms. The number of Topliss-reactive ketones (excluding diaryl/α,β-unsaturated/α-hetero) is 1. The number of hydrogen-bond donors (Lipinski definition) is 2. The van der Waals surface area contributed by atoms with Crippen LogP contribution in [0.2, 0.25) is 0 Å². The quantitative estimate of drug-likeness (QED) is 0.317. The van der Waals surface area contributed by atoms with Crippen molar-refractivity contribution < 1.29 is 23.9 Å². The standard InChI is InChI=1S/C29H35N5O5/c1-7-38-24-11-18-13-33(27(30)19(18)12-20(24)28(37)31-6)14-23(35)17-9-21(29(3,4)5)26-22(10-17)34(16-32-26)15-25(36)39-8-2/h9-12,16,30H,7-8,13-15H2,1-6H3,(H,31,37). The number of amides is 1. The molecule has 39 heavy (non-hydrogen) atoms. The minimum Gasteiger partial charge on any atom is -0.493 e. The second-order valence-corrected chi connectivity index (χ2v) is 10.5. The molecule has 0 atom stereocenters. The van der Waals surface area contributed by atoms with Crippen molar-refractivity contribution in [2.24, 2.45) is 0 Å². The molecule has 0 fully saturated rings. The highest BCUT2D eigenvalue weighted by atomic mass is 16.5. The minimum absolute atomic E-state index is 0.00647. The van der Waals surface area contributed by atoms with Gasteiger partial charge in [-0.05, 0) is 54.7 Å². The van der Waals surface area contributed by atoms with E-state index in [1.165, 1.54) is 0 Å². The van der Waals surface area contributed by atoms with Crippen LogP contribution in [-0.4, -0.2) is 64.8 Å². The Labute approximate surface area is 227 Å². The molecule has 10 nitrogen and oxygen atoms in total. The Morgan fingerprint density at radius 3 is 2.46 bits per heavy atom. The monoisotopic (exact) mass is 533 g/mol. The number of esters is 1. The number of nitrogens with one attached hydrogen (secondary N) is 2. The lowest BCUT2D eigenvalue weighted by Gasteiger charge is -2.22. The van der Waals surface area contributed by atoms with Crippen molar-refractivity contribution in [3.05, 3.63) is 58.4 Å². The normalized spacial score (nSPS) is 13.0. The van der Waals surface area contributed by atoms with Crippen LogP contribution in [0.3, 0.4) is 0 Å². The summed E-state index contributed by atoms with van der Waals surface area (Å²) >= 11 is 0. The van der Waals surface area contributed by atoms with Gasteiger partial charge < -0.3 is 24.3 Å². The third-order valence-electron chi connectivity index (χ3n) is 6.70.